The molecule has 1 aromatic heterocycles. The highest BCUT2D eigenvalue weighted by Crippen LogP contribution is 2.32. The van der Waals surface area contributed by atoms with E-state index in [1.54, 1.807) is 26.4 Å². The predicted molar refractivity (Wildman–Crippen MR) is 109 cm³/mol. The van der Waals surface area contributed by atoms with Crippen molar-refractivity contribution < 1.29 is 14.3 Å². The Labute approximate surface area is 168 Å². The van der Waals surface area contributed by atoms with E-state index in [1.807, 2.05) is 17.9 Å². The molecule has 2 N–H and O–H groups in total. The highest BCUT2D eigenvalue weighted by molar-refractivity contribution is 7.99. The van der Waals surface area contributed by atoms with E-state index >= 15 is 0 Å². The van der Waals surface area contributed by atoms with Crippen molar-refractivity contribution in [1.29, 1.82) is 0 Å². The first kappa shape index (κ1) is 20.1. The molecule has 9 heteroatoms. The fourth-order valence-electron chi connectivity index (χ4n) is 3.19. The summed E-state index contributed by atoms with van der Waals surface area (Å²) in [6.45, 7) is 2.65. The number of allylic oxidation sites excluding steroid dienone is 2. The largest absolute Gasteiger partial charge is 0.493 e. The zero-order valence-electron chi connectivity index (χ0n) is 16.3. The van der Waals surface area contributed by atoms with Gasteiger partial charge in [-0.1, -0.05) is 17.8 Å². The van der Waals surface area contributed by atoms with E-state index in [0.717, 1.165) is 30.5 Å². The molecule has 3 rings (SSSR count). The van der Waals surface area contributed by atoms with E-state index in [4.69, 9.17) is 15.3 Å². The Morgan fingerprint density at radius 2 is 2.07 bits per heavy atom. The second-order valence-corrected chi connectivity index (χ2v) is 7.20. The molecule has 1 amide bonds. The average molecular weight is 404 g/mol. The zero-order chi connectivity index (χ0) is 20.1. The van der Waals surface area contributed by atoms with Crippen molar-refractivity contribution in [3.63, 3.8) is 0 Å². The number of amides is 1. The molecule has 0 atom stereocenters. The predicted octanol–water partition coefficient (Wildman–Crippen LogP) is 2.68. The number of carbonyl (C=O) groups excluding carboxylic acids is 1. The minimum Gasteiger partial charge on any atom is -0.493 e. The Hall–Kier alpha value is -2.68. The average Bonchev–Trinajstić information content (AvgIpc) is 3.36. The van der Waals surface area contributed by atoms with Crippen LogP contribution in [0.4, 0.5) is 0 Å². The van der Waals surface area contributed by atoms with Crippen molar-refractivity contribution in [1.82, 2.24) is 19.8 Å². The van der Waals surface area contributed by atoms with Crippen molar-refractivity contribution in [2.24, 2.45) is 0 Å². The Morgan fingerprint density at radius 1 is 1.29 bits per heavy atom. The van der Waals surface area contributed by atoms with Crippen LogP contribution < -0.4 is 15.3 Å². The maximum Gasteiger partial charge on any atom is 0.237 e. The maximum absolute atomic E-state index is 12.6. The van der Waals surface area contributed by atoms with Crippen LogP contribution in [0.5, 0.6) is 11.5 Å². The smallest absolute Gasteiger partial charge is 0.237 e. The molecule has 0 spiro atoms. The normalized spacial score (nSPS) is 13.3. The second-order valence-electron chi connectivity index (χ2n) is 6.26. The maximum atomic E-state index is 12.6. The highest BCUT2D eigenvalue weighted by atomic mass is 32.2. The molecule has 0 saturated carbocycles. The Morgan fingerprint density at radius 3 is 2.71 bits per heavy atom. The molecular weight excluding hydrogens is 378 g/mol. The molecule has 0 fully saturated rings. The van der Waals surface area contributed by atoms with Crippen LogP contribution in [0.3, 0.4) is 0 Å². The third-order valence-electron chi connectivity index (χ3n) is 4.61. The van der Waals surface area contributed by atoms with Crippen LogP contribution in [0.1, 0.15) is 26.2 Å². The number of benzene rings is 1. The lowest BCUT2D eigenvalue weighted by molar-refractivity contribution is -0.126. The van der Waals surface area contributed by atoms with Gasteiger partial charge >= 0.3 is 0 Å². The molecule has 150 valence electrons. The third-order valence-corrected chi connectivity index (χ3v) is 5.54. The highest BCUT2D eigenvalue weighted by Gasteiger charge is 2.21. The Kier molecular flexibility index (Phi) is 6.45. The molecule has 28 heavy (non-hydrogen) atoms. The van der Waals surface area contributed by atoms with Gasteiger partial charge in [0.25, 0.3) is 0 Å². The van der Waals surface area contributed by atoms with E-state index in [-0.39, 0.29) is 11.7 Å². The van der Waals surface area contributed by atoms with E-state index in [1.165, 1.54) is 16.4 Å². The number of ether oxygens (including phenoxy) is 2. The lowest BCUT2D eigenvalue weighted by Crippen LogP contribution is -2.31. The summed E-state index contributed by atoms with van der Waals surface area (Å²) in [6, 6.07) is 5.41. The van der Waals surface area contributed by atoms with Gasteiger partial charge < -0.3 is 20.2 Å². The van der Waals surface area contributed by atoms with E-state index in [9.17, 15) is 4.79 Å². The van der Waals surface area contributed by atoms with Gasteiger partial charge in [0.1, 0.15) is 0 Å². The van der Waals surface area contributed by atoms with Crippen molar-refractivity contribution >= 4 is 17.7 Å². The van der Waals surface area contributed by atoms with Gasteiger partial charge in [0.15, 0.2) is 17.3 Å². The number of hydrogen-bond acceptors (Lipinski definition) is 7. The summed E-state index contributed by atoms with van der Waals surface area (Å²) in [4.78, 5) is 14.5. The number of carbonyl (C=O) groups is 1. The van der Waals surface area contributed by atoms with Gasteiger partial charge in [0.05, 0.1) is 20.0 Å². The molecule has 1 heterocycles. The summed E-state index contributed by atoms with van der Waals surface area (Å²) in [6.07, 6.45) is 5.25. The third kappa shape index (κ3) is 4.09. The number of thioether (sulfide) groups is 1. The minimum absolute atomic E-state index is 0.0521. The molecule has 8 nitrogen and oxygen atoms in total. The van der Waals surface area contributed by atoms with Crippen LogP contribution in [0.15, 0.2) is 35.1 Å². The molecule has 0 aliphatic heterocycles. The van der Waals surface area contributed by atoms with Gasteiger partial charge in [-0.25, -0.2) is 4.68 Å². The quantitative estimate of drug-likeness (QED) is 0.535. The topological polar surface area (TPSA) is 95.5 Å². The minimum atomic E-state index is 0.0521. The fourth-order valence-corrected chi connectivity index (χ4v) is 3.92. The standard InChI is InChI=1S/C19H25N5O3S/c1-4-23(14-7-5-6-8-14)17(25)12-28-19-22-21-18(24(19)20)13-9-10-15(26-2)16(11-13)27-3/h7,9-11H,4-6,8,12,20H2,1-3H3. The number of nitrogen functional groups attached to an aromatic ring is 1. The first-order valence-corrected chi connectivity index (χ1v) is 10.1. The summed E-state index contributed by atoms with van der Waals surface area (Å²) in [7, 11) is 3.15. The molecule has 1 aromatic carbocycles. The molecule has 2 aromatic rings. The lowest BCUT2D eigenvalue weighted by atomic mass is 10.2. The Bertz CT molecular complexity index is 880. The summed E-state index contributed by atoms with van der Waals surface area (Å²) in [5.74, 6) is 8.17. The fraction of sp³-hybridized carbons (Fsp3) is 0.421. The van der Waals surface area contributed by atoms with Gasteiger partial charge in [-0.3, -0.25) is 4.79 Å². The van der Waals surface area contributed by atoms with Crippen LogP contribution in [-0.4, -0.2) is 52.2 Å². The van der Waals surface area contributed by atoms with Gasteiger partial charge in [0.2, 0.25) is 11.1 Å². The van der Waals surface area contributed by atoms with Crippen molar-refractivity contribution in [3.8, 4) is 22.9 Å². The first-order chi connectivity index (χ1) is 13.6. The van der Waals surface area contributed by atoms with Gasteiger partial charge in [0, 0.05) is 17.8 Å². The Balaban J connectivity index is 1.72. The monoisotopic (exact) mass is 403 g/mol. The van der Waals surface area contributed by atoms with Crippen molar-refractivity contribution in [3.05, 3.63) is 30.0 Å². The number of hydrogen-bond donors (Lipinski definition) is 1. The summed E-state index contributed by atoms with van der Waals surface area (Å²) >= 11 is 1.28. The number of aromatic nitrogens is 3. The number of methoxy groups -OCH3 is 2. The summed E-state index contributed by atoms with van der Waals surface area (Å²) in [5, 5.41) is 8.79. The molecule has 0 bridgehead atoms. The van der Waals surface area contributed by atoms with E-state index in [0.29, 0.717) is 29.0 Å². The summed E-state index contributed by atoms with van der Waals surface area (Å²) in [5.41, 5.74) is 1.87. The second kappa shape index (κ2) is 9.01. The van der Waals surface area contributed by atoms with Crippen molar-refractivity contribution in [2.45, 2.75) is 31.3 Å². The van der Waals surface area contributed by atoms with Gasteiger partial charge in [-0.05, 0) is 44.4 Å². The number of rotatable bonds is 8. The van der Waals surface area contributed by atoms with E-state index < -0.39 is 0 Å². The summed E-state index contributed by atoms with van der Waals surface area (Å²) < 4.78 is 12.0. The van der Waals surface area contributed by atoms with Crippen LogP contribution in [-0.2, 0) is 4.79 Å². The molecule has 0 saturated heterocycles. The molecule has 1 aliphatic rings. The molecule has 0 radical (unpaired) electrons. The molecule has 0 unspecified atom stereocenters. The first-order valence-electron chi connectivity index (χ1n) is 9.14. The van der Waals surface area contributed by atoms with Gasteiger partial charge in [-0.15, -0.1) is 10.2 Å². The van der Waals surface area contributed by atoms with Crippen LogP contribution >= 0.6 is 11.8 Å². The number of nitrogens with two attached hydrogens (primary N) is 1. The van der Waals surface area contributed by atoms with Gasteiger partial charge in [-0.2, -0.15) is 0 Å². The van der Waals surface area contributed by atoms with Crippen LogP contribution in [0, 0.1) is 0 Å². The lowest BCUT2D eigenvalue weighted by Gasteiger charge is -2.21. The number of nitrogens with zero attached hydrogens (tertiary/aromatic N) is 4. The van der Waals surface area contributed by atoms with Crippen molar-refractivity contribution in [2.75, 3.05) is 32.4 Å². The van der Waals surface area contributed by atoms with Crippen LogP contribution in [0.25, 0.3) is 11.4 Å². The van der Waals surface area contributed by atoms with Crippen LogP contribution in [0.2, 0.25) is 0 Å². The molecular formula is C19H25N5O3S. The zero-order valence-corrected chi connectivity index (χ0v) is 17.2. The van der Waals surface area contributed by atoms with E-state index in [2.05, 4.69) is 16.3 Å². The SMILES string of the molecule is CCN(C(=O)CSc1nnc(-c2ccc(OC)c(OC)c2)n1N)C1=CCCC1. The molecule has 1 aliphatic carbocycles.